The molecule has 0 amide bonds. The molecule has 1 heterocycles. The Morgan fingerprint density at radius 3 is 2.20 bits per heavy atom. The Morgan fingerprint density at radius 1 is 1.16 bits per heavy atom. The van der Waals surface area contributed by atoms with Crippen LogP contribution in [0.4, 0.5) is 0 Å². The number of guanidine groups is 1. The van der Waals surface area contributed by atoms with Gasteiger partial charge in [-0.05, 0) is 48.0 Å². The van der Waals surface area contributed by atoms with Gasteiger partial charge in [-0.1, -0.05) is 0 Å². The number of rotatable bonds is 8. The van der Waals surface area contributed by atoms with Crippen LogP contribution in [-0.2, 0) is 13.6 Å². The van der Waals surface area contributed by atoms with Gasteiger partial charge in [0.25, 0.3) is 0 Å². The molecule has 0 bridgehead atoms. The minimum Gasteiger partial charge on any atom is -0.356 e. The lowest BCUT2D eigenvalue weighted by Crippen LogP contribution is -2.41. The second-order valence-corrected chi connectivity index (χ2v) is 6.90. The van der Waals surface area contributed by atoms with Gasteiger partial charge in [0.1, 0.15) is 0 Å². The summed E-state index contributed by atoms with van der Waals surface area (Å²) in [5, 5.41) is 11.2. The molecule has 1 aromatic rings. The van der Waals surface area contributed by atoms with E-state index < -0.39 is 0 Å². The highest BCUT2D eigenvalue weighted by Gasteiger charge is 2.13. The van der Waals surface area contributed by atoms with Crippen molar-refractivity contribution in [2.24, 2.45) is 12.0 Å². The zero-order chi connectivity index (χ0) is 18.3. The Balaban J connectivity index is 0.00000576. The zero-order valence-electron chi connectivity index (χ0n) is 17.2. The highest BCUT2D eigenvalue weighted by Crippen LogP contribution is 2.11. The SMILES string of the molecule is CN=C(NCCCN(C(C)C)C(C)C)NCc1c(C)nn(C)c1C.I. The summed E-state index contributed by atoms with van der Waals surface area (Å²) in [6.07, 6.45) is 1.10. The fourth-order valence-corrected chi connectivity index (χ4v) is 3.05. The molecule has 0 atom stereocenters. The van der Waals surface area contributed by atoms with Crippen molar-refractivity contribution >= 4 is 29.9 Å². The first kappa shape index (κ1) is 24.2. The van der Waals surface area contributed by atoms with Crippen LogP contribution in [0.3, 0.4) is 0 Å². The molecule has 0 saturated carbocycles. The van der Waals surface area contributed by atoms with E-state index in [1.807, 2.05) is 25.7 Å². The zero-order valence-corrected chi connectivity index (χ0v) is 19.5. The van der Waals surface area contributed by atoms with Crippen LogP contribution in [0.2, 0.25) is 0 Å². The van der Waals surface area contributed by atoms with E-state index in [2.05, 4.69) is 60.2 Å². The Kier molecular flexibility index (Phi) is 11.3. The van der Waals surface area contributed by atoms with E-state index in [-0.39, 0.29) is 24.0 Å². The summed E-state index contributed by atoms with van der Waals surface area (Å²) in [6.45, 7) is 15.9. The van der Waals surface area contributed by atoms with E-state index in [0.29, 0.717) is 12.1 Å². The molecule has 25 heavy (non-hydrogen) atoms. The van der Waals surface area contributed by atoms with Crippen LogP contribution in [0.1, 0.15) is 51.1 Å². The van der Waals surface area contributed by atoms with E-state index >= 15 is 0 Å². The Bertz CT molecular complexity index is 528. The van der Waals surface area contributed by atoms with Gasteiger partial charge in [-0.3, -0.25) is 14.6 Å². The average Bonchev–Trinajstić information content (AvgIpc) is 2.74. The Hall–Kier alpha value is -0.830. The minimum atomic E-state index is 0. The summed E-state index contributed by atoms with van der Waals surface area (Å²) in [4.78, 5) is 6.82. The van der Waals surface area contributed by atoms with E-state index in [1.54, 1.807) is 0 Å². The van der Waals surface area contributed by atoms with Crippen molar-refractivity contribution in [1.82, 2.24) is 25.3 Å². The maximum absolute atomic E-state index is 4.45. The summed E-state index contributed by atoms with van der Waals surface area (Å²) >= 11 is 0. The van der Waals surface area contributed by atoms with Gasteiger partial charge in [0.05, 0.1) is 5.69 Å². The third-order valence-corrected chi connectivity index (χ3v) is 4.53. The number of aliphatic imine (C=N–C) groups is 1. The smallest absolute Gasteiger partial charge is 0.191 e. The molecule has 0 aliphatic carbocycles. The minimum absolute atomic E-state index is 0. The lowest BCUT2D eigenvalue weighted by Gasteiger charge is -2.30. The van der Waals surface area contributed by atoms with Crippen molar-refractivity contribution in [3.63, 3.8) is 0 Å². The molecule has 0 saturated heterocycles. The third-order valence-electron chi connectivity index (χ3n) is 4.53. The van der Waals surface area contributed by atoms with E-state index in [9.17, 15) is 0 Å². The van der Waals surface area contributed by atoms with E-state index in [1.165, 1.54) is 11.3 Å². The van der Waals surface area contributed by atoms with Crippen molar-refractivity contribution in [3.8, 4) is 0 Å². The van der Waals surface area contributed by atoms with Gasteiger partial charge in [-0.15, -0.1) is 24.0 Å². The van der Waals surface area contributed by atoms with Gasteiger partial charge in [-0.2, -0.15) is 5.10 Å². The second-order valence-electron chi connectivity index (χ2n) is 6.90. The van der Waals surface area contributed by atoms with Gasteiger partial charge < -0.3 is 10.6 Å². The molecule has 1 rings (SSSR count). The number of hydrogen-bond donors (Lipinski definition) is 2. The van der Waals surface area contributed by atoms with Crippen molar-refractivity contribution in [3.05, 3.63) is 17.0 Å². The van der Waals surface area contributed by atoms with E-state index in [4.69, 9.17) is 0 Å². The number of nitrogens with one attached hydrogen (secondary N) is 2. The van der Waals surface area contributed by atoms with Crippen LogP contribution in [0.15, 0.2) is 4.99 Å². The second kappa shape index (κ2) is 11.7. The topological polar surface area (TPSA) is 57.5 Å². The molecule has 6 nitrogen and oxygen atoms in total. The number of hydrogen-bond acceptors (Lipinski definition) is 3. The highest BCUT2D eigenvalue weighted by molar-refractivity contribution is 14.0. The Morgan fingerprint density at radius 2 is 1.76 bits per heavy atom. The predicted molar refractivity (Wildman–Crippen MR) is 118 cm³/mol. The van der Waals surface area contributed by atoms with Gasteiger partial charge in [-0.25, -0.2) is 0 Å². The first-order chi connectivity index (χ1) is 11.3. The number of halogens is 1. The van der Waals surface area contributed by atoms with Crippen LogP contribution >= 0.6 is 24.0 Å². The summed E-state index contributed by atoms with van der Waals surface area (Å²) in [6, 6.07) is 1.16. The standard InChI is InChI=1S/C18H36N6.HI/c1-13(2)24(14(3)4)11-9-10-20-18(19-7)21-12-17-15(5)22-23(8)16(17)6;/h13-14H,9-12H2,1-8H3,(H2,19,20,21);1H. The first-order valence-electron chi connectivity index (χ1n) is 8.97. The van der Waals surface area contributed by atoms with Crippen LogP contribution in [0.25, 0.3) is 0 Å². The first-order valence-corrected chi connectivity index (χ1v) is 8.97. The average molecular weight is 464 g/mol. The van der Waals surface area contributed by atoms with Crippen molar-refractivity contribution < 1.29 is 0 Å². The molecule has 2 N–H and O–H groups in total. The van der Waals surface area contributed by atoms with Crippen LogP contribution in [-0.4, -0.2) is 52.9 Å². The monoisotopic (exact) mass is 464 g/mol. The molecule has 0 aliphatic heterocycles. The molecule has 0 aliphatic rings. The van der Waals surface area contributed by atoms with Gasteiger partial charge in [0.15, 0.2) is 5.96 Å². The summed E-state index contributed by atoms with van der Waals surface area (Å²) < 4.78 is 1.93. The number of aryl methyl sites for hydroxylation is 2. The molecular formula is C18H37IN6. The summed E-state index contributed by atoms with van der Waals surface area (Å²) in [5.41, 5.74) is 3.51. The summed E-state index contributed by atoms with van der Waals surface area (Å²) in [5.74, 6) is 0.846. The molecule has 1 aromatic heterocycles. The number of aromatic nitrogens is 2. The predicted octanol–water partition coefficient (Wildman–Crippen LogP) is 2.83. The molecule has 0 radical (unpaired) electrons. The molecular weight excluding hydrogens is 427 g/mol. The molecule has 146 valence electrons. The fourth-order valence-electron chi connectivity index (χ4n) is 3.05. The normalized spacial score (nSPS) is 12.0. The van der Waals surface area contributed by atoms with Crippen LogP contribution < -0.4 is 10.6 Å². The molecule has 7 heteroatoms. The lowest BCUT2D eigenvalue weighted by molar-refractivity contribution is 0.173. The van der Waals surface area contributed by atoms with Gasteiger partial charge in [0, 0.05) is 57.1 Å². The van der Waals surface area contributed by atoms with Crippen molar-refractivity contribution in [1.29, 1.82) is 0 Å². The van der Waals surface area contributed by atoms with Crippen molar-refractivity contribution in [2.45, 2.75) is 66.6 Å². The Labute approximate surface area is 170 Å². The molecule has 0 aromatic carbocycles. The van der Waals surface area contributed by atoms with Crippen LogP contribution in [0, 0.1) is 13.8 Å². The quantitative estimate of drug-likeness (QED) is 0.269. The third kappa shape index (κ3) is 7.52. The summed E-state index contributed by atoms with van der Waals surface area (Å²) in [7, 11) is 3.79. The number of nitrogens with zero attached hydrogens (tertiary/aromatic N) is 4. The fraction of sp³-hybridized carbons (Fsp3) is 0.778. The van der Waals surface area contributed by atoms with Gasteiger partial charge >= 0.3 is 0 Å². The van der Waals surface area contributed by atoms with Crippen LogP contribution in [0.5, 0.6) is 0 Å². The molecule has 0 spiro atoms. The maximum Gasteiger partial charge on any atom is 0.191 e. The molecule has 0 unspecified atom stereocenters. The lowest BCUT2D eigenvalue weighted by atomic mass is 10.2. The largest absolute Gasteiger partial charge is 0.356 e. The molecule has 0 fully saturated rings. The van der Waals surface area contributed by atoms with Gasteiger partial charge in [0.2, 0.25) is 0 Å². The maximum atomic E-state index is 4.45. The highest BCUT2D eigenvalue weighted by atomic mass is 127. The van der Waals surface area contributed by atoms with Crippen molar-refractivity contribution in [2.75, 3.05) is 20.1 Å². The van der Waals surface area contributed by atoms with E-state index in [0.717, 1.165) is 37.7 Å².